The number of benzene rings is 3. The fourth-order valence-corrected chi connectivity index (χ4v) is 3.08. The first-order valence-corrected chi connectivity index (χ1v) is 8.26. The van der Waals surface area contributed by atoms with Crippen molar-refractivity contribution in [2.24, 2.45) is 0 Å². The summed E-state index contributed by atoms with van der Waals surface area (Å²) < 4.78 is 5.31. The van der Waals surface area contributed by atoms with Crippen LogP contribution >= 0.6 is 23.2 Å². The molecule has 5 nitrogen and oxygen atoms in total. The van der Waals surface area contributed by atoms with Gasteiger partial charge in [0.2, 0.25) is 0 Å². The van der Waals surface area contributed by atoms with Crippen molar-refractivity contribution in [3.8, 4) is 5.75 Å². The van der Waals surface area contributed by atoms with Crippen LogP contribution < -0.4 is 10.1 Å². The van der Waals surface area contributed by atoms with Crippen molar-refractivity contribution in [2.45, 2.75) is 0 Å². The Kier molecular flexibility index (Phi) is 5.02. The molecular formula is C19H13Cl2NO4. The number of halogens is 2. The first-order chi connectivity index (χ1) is 12.4. The predicted octanol–water partition coefficient (Wildman–Crippen LogP) is 5.11. The Bertz CT molecular complexity index is 1030. The molecule has 0 aliphatic carbocycles. The molecule has 0 unspecified atom stereocenters. The number of carboxylic acids is 1. The molecule has 0 fully saturated rings. The molecule has 3 rings (SSSR count). The van der Waals surface area contributed by atoms with Gasteiger partial charge in [0, 0.05) is 0 Å². The molecule has 2 N–H and O–H groups in total. The minimum atomic E-state index is -1.22. The smallest absolute Gasteiger partial charge is 0.337 e. The summed E-state index contributed by atoms with van der Waals surface area (Å²) in [6.45, 7) is 0. The number of nitrogens with one attached hydrogen (secondary N) is 1. The highest BCUT2D eigenvalue weighted by molar-refractivity contribution is 6.38. The number of carbonyl (C=O) groups excluding carboxylic acids is 1. The van der Waals surface area contributed by atoms with Crippen LogP contribution in [0.5, 0.6) is 5.75 Å². The summed E-state index contributed by atoms with van der Waals surface area (Å²) in [7, 11) is 1.47. The molecule has 0 bridgehead atoms. The number of carbonyl (C=O) groups is 2. The number of aromatic carboxylic acids is 1. The van der Waals surface area contributed by atoms with Gasteiger partial charge in [0.05, 0.1) is 34.0 Å². The molecule has 3 aromatic carbocycles. The van der Waals surface area contributed by atoms with E-state index in [-0.39, 0.29) is 21.3 Å². The van der Waals surface area contributed by atoms with Crippen LogP contribution in [0.3, 0.4) is 0 Å². The maximum atomic E-state index is 12.7. The zero-order chi connectivity index (χ0) is 18.8. The van der Waals surface area contributed by atoms with Crippen LogP contribution in [0.1, 0.15) is 20.7 Å². The average molecular weight is 390 g/mol. The van der Waals surface area contributed by atoms with Gasteiger partial charge in [0.1, 0.15) is 5.75 Å². The van der Waals surface area contributed by atoms with E-state index in [0.29, 0.717) is 11.3 Å². The Morgan fingerprint density at radius 2 is 1.62 bits per heavy atom. The summed E-state index contributed by atoms with van der Waals surface area (Å²) in [5.74, 6) is -1.30. The van der Waals surface area contributed by atoms with Crippen LogP contribution in [0.4, 0.5) is 5.69 Å². The van der Waals surface area contributed by atoms with Crippen molar-refractivity contribution in [2.75, 3.05) is 12.4 Å². The van der Waals surface area contributed by atoms with E-state index in [2.05, 4.69) is 5.32 Å². The van der Waals surface area contributed by atoms with E-state index < -0.39 is 11.9 Å². The molecule has 0 heterocycles. The number of amides is 1. The molecule has 132 valence electrons. The van der Waals surface area contributed by atoms with E-state index in [1.165, 1.54) is 19.2 Å². The van der Waals surface area contributed by atoms with Gasteiger partial charge in [-0.1, -0.05) is 47.5 Å². The van der Waals surface area contributed by atoms with Crippen molar-refractivity contribution < 1.29 is 19.4 Å². The minimum Gasteiger partial charge on any atom is -0.496 e. The molecule has 0 aliphatic heterocycles. The number of fused-ring (bicyclic) bond motifs is 1. The second kappa shape index (κ2) is 7.23. The third-order valence-electron chi connectivity index (χ3n) is 3.85. The van der Waals surface area contributed by atoms with Crippen LogP contribution in [0.15, 0.2) is 48.5 Å². The highest BCUT2D eigenvalue weighted by Crippen LogP contribution is 2.31. The van der Waals surface area contributed by atoms with E-state index in [4.69, 9.17) is 27.9 Å². The quantitative estimate of drug-likeness (QED) is 0.650. The maximum Gasteiger partial charge on any atom is 0.337 e. The van der Waals surface area contributed by atoms with E-state index in [1.807, 2.05) is 24.3 Å². The van der Waals surface area contributed by atoms with Crippen molar-refractivity contribution in [1.29, 1.82) is 0 Å². The number of ether oxygens (including phenoxy) is 1. The SMILES string of the molecule is COc1cc2ccccc2cc1C(=O)Nc1cc(C(=O)O)c(Cl)cc1Cl. The van der Waals surface area contributed by atoms with Crippen LogP contribution in [-0.4, -0.2) is 24.1 Å². The number of rotatable bonds is 4. The van der Waals surface area contributed by atoms with Gasteiger partial charge in [-0.05, 0) is 35.0 Å². The highest BCUT2D eigenvalue weighted by Gasteiger charge is 2.18. The zero-order valence-corrected chi connectivity index (χ0v) is 15.1. The normalized spacial score (nSPS) is 10.6. The standard InChI is InChI=1S/C19H13Cl2NO4/c1-26-17-7-11-5-3-2-4-10(11)6-13(17)18(23)22-16-8-12(19(24)25)14(20)9-15(16)21/h2-9H,1H3,(H,22,23)(H,24,25). The van der Waals surface area contributed by atoms with Crippen molar-refractivity contribution in [1.82, 2.24) is 0 Å². The first kappa shape index (κ1) is 18.0. The van der Waals surface area contributed by atoms with Crippen molar-refractivity contribution in [3.05, 3.63) is 69.7 Å². The molecule has 0 radical (unpaired) electrons. The van der Waals surface area contributed by atoms with E-state index >= 15 is 0 Å². The topological polar surface area (TPSA) is 75.6 Å². The number of methoxy groups -OCH3 is 1. The summed E-state index contributed by atoms with van der Waals surface area (Å²) in [5, 5.41) is 13.7. The molecule has 0 aliphatic rings. The van der Waals surface area contributed by atoms with Crippen LogP contribution in [0.2, 0.25) is 10.0 Å². The van der Waals surface area contributed by atoms with Crippen LogP contribution in [0, 0.1) is 0 Å². The number of anilines is 1. The molecular weight excluding hydrogens is 377 g/mol. The lowest BCUT2D eigenvalue weighted by Gasteiger charge is -2.13. The molecule has 0 spiro atoms. The van der Waals surface area contributed by atoms with Gasteiger partial charge in [-0.2, -0.15) is 0 Å². The summed E-state index contributed by atoms with van der Waals surface area (Å²) in [4.78, 5) is 24.0. The van der Waals surface area contributed by atoms with Gasteiger partial charge >= 0.3 is 5.97 Å². The minimum absolute atomic E-state index is 0.0104. The van der Waals surface area contributed by atoms with Gasteiger partial charge in [-0.25, -0.2) is 4.79 Å². The van der Waals surface area contributed by atoms with Gasteiger partial charge in [0.25, 0.3) is 5.91 Å². The third-order valence-corrected chi connectivity index (χ3v) is 4.47. The lowest BCUT2D eigenvalue weighted by atomic mass is 10.1. The Hall–Kier alpha value is -2.76. The number of carboxylic acid groups (broad SMARTS) is 1. The predicted molar refractivity (Wildman–Crippen MR) is 102 cm³/mol. The summed E-state index contributed by atoms with van der Waals surface area (Å²) >= 11 is 11.9. The lowest BCUT2D eigenvalue weighted by molar-refractivity contribution is 0.0696. The second-order valence-electron chi connectivity index (χ2n) is 5.47. The Morgan fingerprint density at radius 1 is 0.962 bits per heavy atom. The van der Waals surface area contributed by atoms with E-state index in [0.717, 1.165) is 10.8 Å². The van der Waals surface area contributed by atoms with Gasteiger partial charge < -0.3 is 15.2 Å². The fourth-order valence-electron chi connectivity index (χ4n) is 2.56. The Morgan fingerprint density at radius 3 is 2.23 bits per heavy atom. The summed E-state index contributed by atoms with van der Waals surface area (Å²) in [6, 6.07) is 13.5. The largest absolute Gasteiger partial charge is 0.496 e. The molecule has 1 amide bonds. The molecule has 26 heavy (non-hydrogen) atoms. The van der Waals surface area contributed by atoms with Gasteiger partial charge in [-0.15, -0.1) is 0 Å². The second-order valence-corrected chi connectivity index (χ2v) is 6.29. The summed E-state index contributed by atoms with van der Waals surface area (Å²) in [5.41, 5.74) is 0.291. The molecule has 0 aromatic heterocycles. The fraction of sp³-hybridized carbons (Fsp3) is 0.0526. The van der Waals surface area contributed by atoms with Crippen LogP contribution in [-0.2, 0) is 0 Å². The lowest BCUT2D eigenvalue weighted by Crippen LogP contribution is -2.14. The van der Waals surface area contributed by atoms with Gasteiger partial charge in [-0.3, -0.25) is 4.79 Å². The van der Waals surface area contributed by atoms with Crippen LogP contribution in [0.25, 0.3) is 10.8 Å². The monoisotopic (exact) mass is 389 g/mol. The molecule has 0 atom stereocenters. The molecule has 3 aromatic rings. The number of hydrogen-bond donors (Lipinski definition) is 2. The Labute approximate surface area is 159 Å². The van der Waals surface area contributed by atoms with Crippen molar-refractivity contribution in [3.63, 3.8) is 0 Å². The van der Waals surface area contributed by atoms with E-state index in [1.54, 1.807) is 12.1 Å². The zero-order valence-electron chi connectivity index (χ0n) is 13.5. The third kappa shape index (κ3) is 3.45. The average Bonchev–Trinajstić information content (AvgIpc) is 2.62. The molecule has 0 saturated heterocycles. The summed E-state index contributed by atoms with van der Waals surface area (Å²) in [6.07, 6.45) is 0. The molecule has 0 saturated carbocycles. The van der Waals surface area contributed by atoms with Crippen molar-refractivity contribution >= 4 is 51.5 Å². The maximum absolute atomic E-state index is 12.7. The van der Waals surface area contributed by atoms with E-state index in [9.17, 15) is 14.7 Å². The number of hydrogen-bond acceptors (Lipinski definition) is 3. The highest BCUT2D eigenvalue weighted by atomic mass is 35.5. The van der Waals surface area contributed by atoms with Gasteiger partial charge in [0.15, 0.2) is 0 Å². The first-order valence-electron chi connectivity index (χ1n) is 7.51. The molecule has 7 heteroatoms. The Balaban J connectivity index is 2.02.